The molecule has 124 valence electrons. The van der Waals surface area contributed by atoms with E-state index < -0.39 is 0 Å². The Kier molecular flexibility index (Phi) is 4.96. The summed E-state index contributed by atoms with van der Waals surface area (Å²) in [7, 11) is 0. The van der Waals surface area contributed by atoms with Gasteiger partial charge in [-0.25, -0.2) is 0 Å². The largest absolute Gasteiger partial charge is 0.339 e. The number of rotatable bonds is 4. The Labute approximate surface area is 137 Å². The average molecular weight is 315 g/mol. The minimum absolute atomic E-state index is 0.0659. The van der Waals surface area contributed by atoms with E-state index in [1.54, 1.807) is 0 Å². The maximum Gasteiger partial charge on any atom is 0.230 e. The molecule has 2 amide bonds. The molecular formula is C18H25N3O2. The minimum Gasteiger partial charge on any atom is -0.339 e. The smallest absolute Gasteiger partial charge is 0.230 e. The predicted molar refractivity (Wildman–Crippen MR) is 90.3 cm³/mol. The molecule has 2 aliphatic rings. The van der Waals surface area contributed by atoms with Gasteiger partial charge in [-0.2, -0.15) is 0 Å². The quantitative estimate of drug-likeness (QED) is 0.894. The number of anilines is 1. The molecule has 0 radical (unpaired) electrons. The second-order valence-electron chi connectivity index (χ2n) is 6.40. The van der Waals surface area contributed by atoms with Crippen LogP contribution in [0.2, 0.25) is 0 Å². The Bertz CT molecular complexity index is 581. The van der Waals surface area contributed by atoms with Gasteiger partial charge in [0.05, 0.1) is 5.92 Å². The number of para-hydroxylation sites is 1. The average Bonchev–Trinajstić information content (AvgIpc) is 2.59. The molecule has 1 fully saturated rings. The van der Waals surface area contributed by atoms with Gasteiger partial charge in [-0.05, 0) is 44.0 Å². The van der Waals surface area contributed by atoms with Crippen molar-refractivity contribution in [1.29, 1.82) is 0 Å². The molecule has 0 spiro atoms. The van der Waals surface area contributed by atoms with Gasteiger partial charge in [0.1, 0.15) is 0 Å². The molecule has 1 saturated heterocycles. The third-order valence-electron chi connectivity index (χ3n) is 4.79. The van der Waals surface area contributed by atoms with Crippen LogP contribution in [0.1, 0.15) is 44.1 Å². The molecule has 5 heteroatoms. The lowest BCUT2D eigenvalue weighted by Crippen LogP contribution is -2.49. The summed E-state index contributed by atoms with van der Waals surface area (Å²) in [5.41, 5.74) is 1.73. The number of fused-ring (bicyclic) bond motifs is 1. The Morgan fingerprint density at radius 3 is 2.74 bits per heavy atom. The number of carbonyl (C=O) groups excluding carboxylic acids is 2. The molecule has 1 unspecified atom stereocenters. The van der Waals surface area contributed by atoms with Crippen LogP contribution in [0, 0.1) is 0 Å². The van der Waals surface area contributed by atoms with E-state index in [2.05, 4.69) is 17.6 Å². The normalized spacial score (nSPS) is 21.4. The van der Waals surface area contributed by atoms with E-state index in [-0.39, 0.29) is 24.2 Å². The van der Waals surface area contributed by atoms with Gasteiger partial charge >= 0.3 is 0 Å². The standard InChI is InChI=1S/C18H25N3O2/c1-2-11-21(13-7-9-19-10-8-13)18(23)15-12-17(22)20-16-6-4-3-5-14(15)16/h3-6,13,15,19H,2,7-12H2,1H3,(H,20,22). The van der Waals surface area contributed by atoms with Gasteiger partial charge < -0.3 is 15.5 Å². The van der Waals surface area contributed by atoms with Crippen molar-refractivity contribution in [1.82, 2.24) is 10.2 Å². The van der Waals surface area contributed by atoms with Gasteiger partial charge in [0.15, 0.2) is 0 Å². The van der Waals surface area contributed by atoms with E-state index in [1.807, 2.05) is 29.2 Å². The highest BCUT2D eigenvalue weighted by Gasteiger charge is 2.35. The molecule has 1 atom stereocenters. The molecule has 0 aliphatic carbocycles. The second kappa shape index (κ2) is 7.13. The first-order chi connectivity index (χ1) is 11.2. The van der Waals surface area contributed by atoms with Crippen molar-refractivity contribution in [3.05, 3.63) is 29.8 Å². The van der Waals surface area contributed by atoms with Crippen LogP contribution < -0.4 is 10.6 Å². The fourth-order valence-electron chi connectivity index (χ4n) is 3.66. The van der Waals surface area contributed by atoms with E-state index >= 15 is 0 Å². The number of amides is 2. The summed E-state index contributed by atoms with van der Waals surface area (Å²) in [4.78, 5) is 27.3. The number of benzene rings is 1. The molecule has 1 aromatic rings. The first-order valence-corrected chi connectivity index (χ1v) is 8.60. The minimum atomic E-state index is -0.346. The van der Waals surface area contributed by atoms with Gasteiger partial charge in [0, 0.05) is 24.7 Å². The van der Waals surface area contributed by atoms with Gasteiger partial charge in [-0.3, -0.25) is 9.59 Å². The van der Waals surface area contributed by atoms with Gasteiger partial charge in [-0.1, -0.05) is 25.1 Å². The van der Waals surface area contributed by atoms with Crippen molar-refractivity contribution in [2.45, 2.75) is 44.6 Å². The summed E-state index contributed by atoms with van der Waals surface area (Å²) in [6, 6.07) is 7.96. The zero-order valence-electron chi connectivity index (χ0n) is 13.7. The molecule has 0 saturated carbocycles. The topological polar surface area (TPSA) is 61.4 Å². The molecule has 3 rings (SSSR count). The molecule has 2 N–H and O–H groups in total. The Hall–Kier alpha value is -1.88. The molecule has 23 heavy (non-hydrogen) atoms. The summed E-state index contributed by atoms with van der Waals surface area (Å²) < 4.78 is 0. The molecule has 1 aromatic carbocycles. The van der Waals surface area contributed by atoms with Crippen LogP contribution >= 0.6 is 0 Å². The SMILES string of the molecule is CCCN(C(=O)C1CC(=O)Nc2ccccc21)C1CCNCC1. The monoisotopic (exact) mass is 315 g/mol. The first kappa shape index (κ1) is 16.0. The molecule has 2 aliphatic heterocycles. The molecule has 0 bridgehead atoms. The fraction of sp³-hybridized carbons (Fsp3) is 0.556. The molecule has 0 aromatic heterocycles. The lowest BCUT2D eigenvalue weighted by atomic mass is 9.88. The van der Waals surface area contributed by atoms with Crippen LogP contribution in [0.15, 0.2) is 24.3 Å². The van der Waals surface area contributed by atoms with Gasteiger partial charge in [0.2, 0.25) is 11.8 Å². The summed E-state index contributed by atoms with van der Waals surface area (Å²) in [6.07, 6.45) is 3.18. The van der Waals surface area contributed by atoms with E-state index in [0.717, 1.165) is 50.1 Å². The first-order valence-electron chi connectivity index (χ1n) is 8.60. The van der Waals surface area contributed by atoms with Crippen LogP contribution in [0.25, 0.3) is 0 Å². The second-order valence-corrected chi connectivity index (χ2v) is 6.40. The number of nitrogens with one attached hydrogen (secondary N) is 2. The summed E-state index contributed by atoms with van der Waals surface area (Å²) in [5.74, 6) is -0.300. The van der Waals surface area contributed by atoms with Crippen LogP contribution in [0.3, 0.4) is 0 Å². The van der Waals surface area contributed by atoms with E-state index in [0.29, 0.717) is 6.04 Å². The highest BCUT2D eigenvalue weighted by molar-refractivity contribution is 6.01. The number of carbonyl (C=O) groups is 2. The lowest BCUT2D eigenvalue weighted by Gasteiger charge is -2.38. The summed E-state index contributed by atoms with van der Waals surface area (Å²) in [5, 5.41) is 6.23. The van der Waals surface area contributed by atoms with Crippen molar-refractivity contribution in [3.63, 3.8) is 0 Å². The van der Waals surface area contributed by atoms with Crippen LogP contribution in [0.4, 0.5) is 5.69 Å². The van der Waals surface area contributed by atoms with E-state index in [1.165, 1.54) is 0 Å². The Morgan fingerprint density at radius 2 is 2.00 bits per heavy atom. The van der Waals surface area contributed by atoms with Crippen molar-refractivity contribution in [3.8, 4) is 0 Å². The fourth-order valence-corrected chi connectivity index (χ4v) is 3.66. The number of hydrogen-bond donors (Lipinski definition) is 2. The highest BCUT2D eigenvalue weighted by atomic mass is 16.2. The van der Waals surface area contributed by atoms with Crippen molar-refractivity contribution in [2.75, 3.05) is 25.0 Å². The summed E-state index contributed by atoms with van der Waals surface area (Å²) in [6.45, 7) is 4.78. The lowest BCUT2D eigenvalue weighted by molar-refractivity contribution is -0.137. The van der Waals surface area contributed by atoms with Crippen molar-refractivity contribution < 1.29 is 9.59 Å². The third-order valence-corrected chi connectivity index (χ3v) is 4.79. The van der Waals surface area contributed by atoms with Crippen LogP contribution in [-0.4, -0.2) is 42.4 Å². The molecular weight excluding hydrogens is 290 g/mol. The maximum absolute atomic E-state index is 13.2. The third kappa shape index (κ3) is 3.39. The van der Waals surface area contributed by atoms with Crippen molar-refractivity contribution in [2.24, 2.45) is 0 Å². The van der Waals surface area contributed by atoms with Crippen LogP contribution in [-0.2, 0) is 9.59 Å². The van der Waals surface area contributed by atoms with E-state index in [9.17, 15) is 9.59 Å². The molecule has 2 heterocycles. The van der Waals surface area contributed by atoms with Crippen LogP contribution in [0.5, 0.6) is 0 Å². The Balaban J connectivity index is 1.86. The molecule has 5 nitrogen and oxygen atoms in total. The number of piperidine rings is 1. The van der Waals surface area contributed by atoms with Gasteiger partial charge in [0.25, 0.3) is 0 Å². The van der Waals surface area contributed by atoms with Gasteiger partial charge in [-0.15, -0.1) is 0 Å². The summed E-state index contributed by atoms with van der Waals surface area (Å²) >= 11 is 0. The van der Waals surface area contributed by atoms with Crippen molar-refractivity contribution >= 4 is 17.5 Å². The van der Waals surface area contributed by atoms with E-state index in [4.69, 9.17) is 0 Å². The number of nitrogens with zero attached hydrogens (tertiary/aromatic N) is 1. The number of hydrogen-bond acceptors (Lipinski definition) is 3. The zero-order valence-corrected chi connectivity index (χ0v) is 13.7. The Morgan fingerprint density at radius 1 is 1.26 bits per heavy atom. The predicted octanol–water partition coefficient (Wildman–Crippen LogP) is 2.10. The highest BCUT2D eigenvalue weighted by Crippen LogP contribution is 2.34. The maximum atomic E-state index is 13.2. The zero-order chi connectivity index (χ0) is 16.2.